The third-order valence-corrected chi connectivity index (χ3v) is 3.56. The second-order valence-corrected chi connectivity index (χ2v) is 5.87. The molecule has 2 aromatic heterocycles. The van der Waals surface area contributed by atoms with Gasteiger partial charge in [-0.1, -0.05) is 0 Å². The molecule has 0 spiro atoms. The Morgan fingerprint density at radius 2 is 2.17 bits per heavy atom. The molecule has 0 fully saturated rings. The number of hydrogen-bond acceptors (Lipinski definition) is 6. The van der Waals surface area contributed by atoms with Gasteiger partial charge in [0.15, 0.2) is 0 Å². The van der Waals surface area contributed by atoms with Gasteiger partial charge in [-0.3, -0.25) is 0 Å². The van der Waals surface area contributed by atoms with E-state index in [1.54, 1.807) is 18.3 Å². The zero-order valence-corrected chi connectivity index (χ0v) is 11.6. The summed E-state index contributed by atoms with van der Waals surface area (Å²) in [5, 5.41) is 13.7. The van der Waals surface area contributed by atoms with Crippen LogP contribution < -0.4 is 11.1 Å². The molecular weight excluding hydrogens is 248 g/mol. The normalized spacial score (nSPS) is 14.7. The third-order valence-electron chi connectivity index (χ3n) is 2.61. The van der Waals surface area contributed by atoms with Gasteiger partial charge in [-0.15, -0.1) is 11.3 Å². The summed E-state index contributed by atoms with van der Waals surface area (Å²) in [6.45, 7) is 5.82. The number of thiophene rings is 1. The first-order valence-electron chi connectivity index (χ1n) is 5.94. The van der Waals surface area contributed by atoms with Crippen LogP contribution in [0, 0.1) is 6.92 Å². The maximum Gasteiger partial charge on any atom is 0.223 e. The van der Waals surface area contributed by atoms with Crippen LogP contribution in [-0.4, -0.2) is 27.2 Å². The van der Waals surface area contributed by atoms with Gasteiger partial charge in [-0.25, -0.2) is 4.98 Å². The van der Waals surface area contributed by atoms with E-state index in [1.165, 1.54) is 4.88 Å². The fourth-order valence-corrected chi connectivity index (χ4v) is 2.86. The molecule has 0 saturated heterocycles. The number of rotatable bonds is 4. The molecule has 2 atom stereocenters. The molecule has 0 bridgehead atoms. The number of nitrogens with zero attached hydrogens (tertiary/aromatic N) is 2. The number of fused-ring (bicyclic) bond motifs is 1. The number of aliphatic hydroxyl groups is 1. The SMILES string of the molecule is Cc1cc2c(NC(C)CC(C)O)nc(N)nc2s1. The Balaban J connectivity index is 2.31. The van der Waals surface area contributed by atoms with Crippen molar-refractivity contribution in [1.29, 1.82) is 0 Å². The molecule has 0 aliphatic carbocycles. The van der Waals surface area contributed by atoms with Crippen LogP contribution in [0.3, 0.4) is 0 Å². The van der Waals surface area contributed by atoms with Gasteiger partial charge in [-0.05, 0) is 33.3 Å². The lowest BCUT2D eigenvalue weighted by molar-refractivity contribution is 0.179. The average molecular weight is 266 g/mol. The van der Waals surface area contributed by atoms with Crippen molar-refractivity contribution in [3.63, 3.8) is 0 Å². The smallest absolute Gasteiger partial charge is 0.223 e. The summed E-state index contributed by atoms with van der Waals surface area (Å²) in [6.07, 6.45) is 0.320. The van der Waals surface area contributed by atoms with E-state index in [0.717, 1.165) is 16.0 Å². The molecule has 4 N–H and O–H groups in total. The van der Waals surface area contributed by atoms with Crippen molar-refractivity contribution in [2.75, 3.05) is 11.1 Å². The molecule has 2 rings (SSSR count). The van der Waals surface area contributed by atoms with E-state index >= 15 is 0 Å². The maximum absolute atomic E-state index is 9.38. The Kier molecular flexibility index (Phi) is 3.68. The monoisotopic (exact) mass is 266 g/mol. The molecule has 0 amide bonds. The Morgan fingerprint density at radius 3 is 2.83 bits per heavy atom. The Labute approximate surface area is 110 Å². The predicted octanol–water partition coefficient (Wildman–Crippen LogP) is 2.15. The van der Waals surface area contributed by atoms with E-state index in [0.29, 0.717) is 6.42 Å². The van der Waals surface area contributed by atoms with E-state index in [-0.39, 0.29) is 18.1 Å². The Morgan fingerprint density at radius 1 is 1.44 bits per heavy atom. The molecule has 0 aromatic carbocycles. The quantitative estimate of drug-likeness (QED) is 0.789. The highest BCUT2D eigenvalue weighted by molar-refractivity contribution is 7.18. The summed E-state index contributed by atoms with van der Waals surface area (Å²) in [5.41, 5.74) is 5.71. The van der Waals surface area contributed by atoms with E-state index < -0.39 is 0 Å². The molecule has 6 heteroatoms. The Hall–Kier alpha value is -1.40. The van der Waals surface area contributed by atoms with E-state index in [9.17, 15) is 5.11 Å². The molecule has 5 nitrogen and oxygen atoms in total. The number of aryl methyl sites for hydroxylation is 1. The summed E-state index contributed by atoms with van der Waals surface area (Å²) in [7, 11) is 0. The summed E-state index contributed by atoms with van der Waals surface area (Å²) in [4.78, 5) is 10.5. The highest BCUT2D eigenvalue weighted by Crippen LogP contribution is 2.29. The predicted molar refractivity (Wildman–Crippen MR) is 75.9 cm³/mol. The van der Waals surface area contributed by atoms with Crippen molar-refractivity contribution in [1.82, 2.24) is 9.97 Å². The zero-order valence-electron chi connectivity index (χ0n) is 10.8. The van der Waals surface area contributed by atoms with Crippen molar-refractivity contribution in [2.45, 2.75) is 39.3 Å². The van der Waals surface area contributed by atoms with Crippen LogP contribution in [0.2, 0.25) is 0 Å². The standard InChI is InChI=1S/C12H18N4OS/c1-6(4-7(2)17)14-10-9-5-8(3)18-11(9)16-12(13)15-10/h5-7,17H,4H2,1-3H3,(H3,13,14,15,16). The van der Waals surface area contributed by atoms with Crippen molar-refractivity contribution >= 4 is 33.3 Å². The van der Waals surface area contributed by atoms with Gasteiger partial charge in [0.25, 0.3) is 0 Å². The molecule has 0 radical (unpaired) electrons. The topological polar surface area (TPSA) is 84.1 Å². The van der Waals surface area contributed by atoms with Crippen LogP contribution >= 0.6 is 11.3 Å². The highest BCUT2D eigenvalue weighted by atomic mass is 32.1. The van der Waals surface area contributed by atoms with Gasteiger partial charge in [-0.2, -0.15) is 4.98 Å². The van der Waals surface area contributed by atoms with Crippen molar-refractivity contribution in [2.24, 2.45) is 0 Å². The first-order chi connectivity index (χ1) is 8.45. The van der Waals surface area contributed by atoms with E-state index in [1.807, 2.05) is 13.8 Å². The third kappa shape index (κ3) is 2.88. The van der Waals surface area contributed by atoms with Crippen molar-refractivity contribution in [3.05, 3.63) is 10.9 Å². The fraction of sp³-hybridized carbons (Fsp3) is 0.500. The summed E-state index contributed by atoms with van der Waals surface area (Å²) in [6, 6.07) is 2.18. The lowest BCUT2D eigenvalue weighted by Crippen LogP contribution is -2.21. The second kappa shape index (κ2) is 5.07. The Bertz CT molecular complexity index is 552. The molecule has 2 unspecified atom stereocenters. The maximum atomic E-state index is 9.38. The molecule has 0 aliphatic heterocycles. The van der Waals surface area contributed by atoms with E-state index in [2.05, 4.69) is 21.4 Å². The number of nitrogens with one attached hydrogen (secondary N) is 1. The first kappa shape index (κ1) is 13.0. The minimum absolute atomic E-state index is 0.128. The largest absolute Gasteiger partial charge is 0.393 e. The molecule has 98 valence electrons. The van der Waals surface area contributed by atoms with Crippen LogP contribution in [0.1, 0.15) is 25.1 Å². The summed E-state index contributed by atoms with van der Waals surface area (Å²) >= 11 is 1.60. The number of aromatic nitrogens is 2. The minimum Gasteiger partial charge on any atom is -0.393 e. The summed E-state index contributed by atoms with van der Waals surface area (Å²) < 4.78 is 0. The van der Waals surface area contributed by atoms with Crippen LogP contribution in [0.15, 0.2) is 6.07 Å². The van der Waals surface area contributed by atoms with Crippen LogP contribution in [0.25, 0.3) is 10.2 Å². The van der Waals surface area contributed by atoms with Crippen LogP contribution in [0.5, 0.6) is 0 Å². The molecule has 2 heterocycles. The second-order valence-electron chi connectivity index (χ2n) is 4.64. The minimum atomic E-state index is -0.341. The van der Waals surface area contributed by atoms with Crippen LogP contribution in [0.4, 0.5) is 11.8 Å². The lowest BCUT2D eigenvalue weighted by atomic mass is 10.1. The van der Waals surface area contributed by atoms with Gasteiger partial charge in [0.05, 0.1) is 11.5 Å². The van der Waals surface area contributed by atoms with Gasteiger partial charge < -0.3 is 16.2 Å². The van der Waals surface area contributed by atoms with Crippen LogP contribution in [-0.2, 0) is 0 Å². The lowest BCUT2D eigenvalue weighted by Gasteiger charge is -2.16. The first-order valence-corrected chi connectivity index (χ1v) is 6.75. The average Bonchev–Trinajstić information content (AvgIpc) is 2.56. The highest BCUT2D eigenvalue weighted by Gasteiger charge is 2.12. The molecule has 2 aromatic rings. The van der Waals surface area contributed by atoms with E-state index in [4.69, 9.17) is 5.73 Å². The van der Waals surface area contributed by atoms with Crippen molar-refractivity contribution in [3.8, 4) is 0 Å². The molecule has 0 aliphatic rings. The molecule has 18 heavy (non-hydrogen) atoms. The zero-order chi connectivity index (χ0) is 13.3. The summed E-state index contributed by atoms with van der Waals surface area (Å²) in [5.74, 6) is 1.02. The number of nitrogen functional groups attached to an aromatic ring is 1. The van der Waals surface area contributed by atoms with Crippen molar-refractivity contribution < 1.29 is 5.11 Å². The number of hydrogen-bond donors (Lipinski definition) is 3. The molecular formula is C12H18N4OS. The van der Waals surface area contributed by atoms with Gasteiger partial charge in [0.1, 0.15) is 10.6 Å². The van der Waals surface area contributed by atoms with Gasteiger partial charge in [0.2, 0.25) is 5.95 Å². The fourth-order valence-electron chi connectivity index (χ4n) is 1.97. The molecule has 0 saturated carbocycles. The van der Waals surface area contributed by atoms with Gasteiger partial charge >= 0.3 is 0 Å². The van der Waals surface area contributed by atoms with Gasteiger partial charge in [0, 0.05) is 10.9 Å². The number of anilines is 2. The number of aliphatic hydroxyl groups excluding tert-OH is 1. The number of nitrogens with two attached hydrogens (primary N) is 1.